The third-order valence-corrected chi connectivity index (χ3v) is 3.37. The van der Waals surface area contributed by atoms with Crippen LogP contribution >= 0.6 is 11.6 Å². The lowest BCUT2D eigenvalue weighted by Crippen LogP contribution is -2.28. The average molecular weight is 305 g/mol. The fourth-order valence-corrected chi connectivity index (χ4v) is 2.21. The van der Waals surface area contributed by atoms with Crippen LogP contribution in [0, 0.1) is 12.0 Å². The summed E-state index contributed by atoms with van der Waals surface area (Å²) in [5.74, 6) is 3.49. The summed E-state index contributed by atoms with van der Waals surface area (Å²) in [5, 5.41) is 6.10. The first-order chi connectivity index (χ1) is 10.2. The number of hydrogen-bond acceptors (Lipinski definition) is 3. The number of nitrogens with zero attached hydrogens (tertiary/aromatic N) is 2. The largest absolute Gasteiger partial charge is 0.495 e. The number of carbonyl (C=O) groups excluding carboxylic acids is 1. The normalized spacial score (nSPS) is 14.3. The van der Waals surface area contributed by atoms with Gasteiger partial charge >= 0.3 is 0 Å². The van der Waals surface area contributed by atoms with Gasteiger partial charge in [0.2, 0.25) is 0 Å². The van der Waals surface area contributed by atoms with Crippen LogP contribution in [0.2, 0.25) is 5.02 Å². The van der Waals surface area contributed by atoms with Gasteiger partial charge in [-0.05, 0) is 30.2 Å². The monoisotopic (exact) mass is 304 g/mol. The maximum absolute atomic E-state index is 11.8. The predicted molar refractivity (Wildman–Crippen MR) is 83.3 cm³/mol. The molecule has 110 valence electrons. The molecule has 2 rings (SSSR count). The Morgan fingerprint density at radius 3 is 2.90 bits per heavy atom. The van der Waals surface area contributed by atoms with Crippen LogP contribution in [-0.2, 0) is 4.79 Å². The molecule has 0 bridgehead atoms. The lowest BCUT2D eigenvalue weighted by Gasteiger charge is -2.18. The van der Waals surface area contributed by atoms with Gasteiger partial charge in [-0.1, -0.05) is 24.4 Å². The molecule has 0 aromatic heterocycles. The summed E-state index contributed by atoms with van der Waals surface area (Å²) in [4.78, 5) is 11.8. The summed E-state index contributed by atoms with van der Waals surface area (Å²) in [6, 6.07) is 8.28. The van der Waals surface area contributed by atoms with E-state index in [0.717, 1.165) is 24.1 Å². The maximum Gasteiger partial charge on any atom is 0.255 e. The molecule has 0 saturated heterocycles. The first kappa shape index (κ1) is 15.4. The van der Waals surface area contributed by atoms with E-state index in [1.165, 1.54) is 5.01 Å². The van der Waals surface area contributed by atoms with Gasteiger partial charge < -0.3 is 4.74 Å². The fraction of sp³-hybridized carbons (Fsp3) is 0.375. The van der Waals surface area contributed by atoms with Crippen molar-refractivity contribution in [2.75, 3.05) is 7.11 Å². The topological polar surface area (TPSA) is 41.9 Å². The molecule has 0 aliphatic carbocycles. The number of benzene rings is 1. The summed E-state index contributed by atoms with van der Waals surface area (Å²) in [6.45, 7) is 2.04. The molecule has 1 aromatic rings. The van der Waals surface area contributed by atoms with E-state index in [0.29, 0.717) is 23.6 Å². The highest BCUT2D eigenvalue weighted by molar-refractivity contribution is 6.32. The van der Waals surface area contributed by atoms with Crippen molar-refractivity contribution in [3.8, 4) is 17.7 Å². The van der Waals surface area contributed by atoms with Gasteiger partial charge in [0, 0.05) is 25.3 Å². The zero-order valence-corrected chi connectivity index (χ0v) is 12.9. The van der Waals surface area contributed by atoms with E-state index < -0.39 is 0 Å². The van der Waals surface area contributed by atoms with Crippen molar-refractivity contribution >= 4 is 23.2 Å². The molecule has 0 spiro atoms. The third-order valence-electron chi connectivity index (χ3n) is 3.08. The number of rotatable bonds is 3. The van der Waals surface area contributed by atoms with Crippen LogP contribution in [0.4, 0.5) is 0 Å². The molecule has 0 radical (unpaired) electrons. The number of unbranched alkanes of at least 4 members (excludes halogenated alkanes) is 1. The highest BCUT2D eigenvalue weighted by Gasteiger charge is 2.20. The molecule has 1 aliphatic rings. The number of ether oxygens (including phenoxy) is 1. The van der Waals surface area contributed by atoms with Gasteiger partial charge in [0.15, 0.2) is 0 Å². The van der Waals surface area contributed by atoms with Crippen molar-refractivity contribution in [3.05, 3.63) is 28.8 Å². The van der Waals surface area contributed by atoms with Crippen LogP contribution in [-0.4, -0.2) is 23.7 Å². The van der Waals surface area contributed by atoms with Crippen molar-refractivity contribution < 1.29 is 9.53 Å². The summed E-state index contributed by atoms with van der Waals surface area (Å²) in [5.41, 5.74) is 1.69. The highest BCUT2D eigenvalue weighted by atomic mass is 35.5. The van der Waals surface area contributed by atoms with Gasteiger partial charge in [0.1, 0.15) is 5.75 Å². The average Bonchev–Trinajstić information content (AvgIpc) is 2.49. The number of methoxy groups -OCH3 is 1. The van der Waals surface area contributed by atoms with E-state index in [9.17, 15) is 4.79 Å². The van der Waals surface area contributed by atoms with E-state index in [-0.39, 0.29) is 5.91 Å². The third kappa shape index (κ3) is 3.77. The molecule has 1 aromatic carbocycles. The summed E-state index contributed by atoms with van der Waals surface area (Å²) >= 11 is 6.13. The number of carbonyl (C=O) groups is 1. The van der Waals surface area contributed by atoms with Gasteiger partial charge in [-0.25, -0.2) is 0 Å². The van der Waals surface area contributed by atoms with Crippen LogP contribution in [0.1, 0.15) is 38.2 Å². The second-order valence-electron chi connectivity index (χ2n) is 4.64. The van der Waals surface area contributed by atoms with Gasteiger partial charge in [0.05, 0.1) is 17.8 Å². The summed E-state index contributed by atoms with van der Waals surface area (Å²) < 4.78 is 5.13. The molecule has 0 unspecified atom stereocenters. The molecule has 0 atom stereocenters. The quantitative estimate of drug-likeness (QED) is 0.803. The molecule has 0 fully saturated rings. The summed E-state index contributed by atoms with van der Waals surface area (Å²) in [6.07, 6.45) is 2.71. The lowest BCUT2D eigenvalue weighted by molar-refractivity contribution is -0.128. The minimum atomic E-state index is -0.0676. The lowest BCUT2D eigenvalue weighted by atomic mass is 10.0. The van der Waals surface area contributed by atoms with Crippen molar-refractivity contribution in [2.24, 2.45) is 5.10 Å². The first-order valence-corrected chi connectivity index (χ1v) is 7.26. The molecular weight excluding hydrogens is 288 g/mol. The van der Waals surface area contributed by atoms with Gasteiger partial charge in [0.25, 0.3) is 5.91 Å². The van der Waals surface area contributed by atoms with Crippen LogP contribution in [0.3, 0.4) is 0 Å². The molecule has 1 aliphatic heterocycles. The zero-order valence-electron chi connectivity index (χ0n) is 12.1. The second kappa shape index (κ2) is 7.14. The van der Waals surface area contributed by atoms with E-state index in [4.69, 9.17) is 16.3 Å². The number of hydrogen-bond donors (Lipinski definition) is 0. The molecule has 5 heteroatoms. The van der Waals surface area contributed by atoms with Crippen LogP contribution in [0.25, 0.3) is 0 Å². The number of hydrazone groups is 1. The fourth-order valence-electron chi connectivity index (χ4n) is 1.95. The Bertz CT molecular complexity index is 629. The second-order valence-corrected chi connectivity index (χ2v) is 5.05. The predicted octanol–water partition coefficient (Wildman–Crippen LogP) is 3.44. The van der Waals surface area contributed by atoms with Gasteiger partial charge in [-0.2, -0.15) is 10.1 Å². The van der Waals surface area contributed by atoms with Crippen molar-refractivity contribution in [1.82, 2.24) is 5.01 Å². The van der Waals surface area contributed by atoms with Crippen molar-refractivity contribution in [2.45, 2.75) is 32.6 Å². The minimum Gasteiger partial charge on any atom is -0.495 e. The van der Waals surface area contributed by atoms with E-state index in [1.54, 1.807) is 19.2 Å². The molecule has 0 saturated carbocycles. The number of amides is 1. The minimum absolute atomic E-state index is 0.0676. The van der Waals surface area contributed by atoms with Gasteiger partial charge in [-0.15, -0.1) is 0 Å². The van der Waals surface area contributed by atoms with Gasteiger partial charge in [-0.3, -0.25) is 4.79 Å². The molecular formula is C16H17ClN2O2. The Kier molecular flexibility index (Phi) is 5.24. The van der Waals surface area contributed by atoms with Crippen molar-refractivity contribution in [3.63, 3.8) is 0 Å². The Labute approximate surface area is 129 Å². The maximum atomic E-state index is 11.8. The molecule has 1 heterocycles. The Hall–Kier alpha value is -1.99. The molecule has 1 amide bonds. The van der Waals surface area contributed by atoms with E-state index >= 15 is 0 Å². The van der Waals surface area contributed by atoms with Crippen molar-refractivity contribution in [1.29, 1.82) is 0 Å². The Morgan fingerprint density at radius 2 is 2.24 bits per heavy atom. The smallest absolute Gasteiger partial charge is 0.255 e. The highest BCUT2D eigenvalue weighted by Crippen LogP contribution is 2.26. The van der Waals surface area contributed by atoms with E-state index in [2.05, 4.69) is 17.1 Å². The van der Waals surface area contributed by atoms with E-state index in [1.807, 2.05) is 13.0 Å². The molecule has 21 heavy (non-hydrogen) atoms. The molecule has 0 N–H and O–H groups in total. The first-order valence-electron chi connectivity index (χ1n) is 6.88. The molecule has 4 nitrogen and oxygen atoms in total. The summed E-state index contributed by atoms with van der Waals surface area (Å²) in [7, 11) is 1.57. The zero-order chi connectivity index (χ0) is 15.2. The Balaban J connectivity index is 2.27. The van der Waals surface area contributed by atoms with Crippen LogP contribution < -0.4 is 4.74 Å². The van der Waals surface area contributed by atoms with Crippen LogP contribution in [0.5, 0.6) is 5.75 Å². The number of halogens is 1. The SMILES string of the molecule is CCCC#CN1N=C(c2ccc(OC)c(Cl)c2)CCC1=O. The standard InChI is InChI=1S/C16H17ClN2O2/c1-3-4-5-10-19-16(20)9-7-14(18-19)12-6-8-15(21-2)13(17)11-12/h6,8,11H,3-4,7,9H2,1-2H3. The van der Waals surface area contributed by atoms with Crippen LogP contribution in [0.15, 0.2) is 23.3 Å². The Morgan fingerprint density at radius 1 is 1.43 bits per heavy atom.